The highest BCUT2D eigenvalue weighted by atomic mass is 16.2. The number of nitrogens with zero attached hydrogens (tertiary/aromatic N) is 2. The maximum absolute atomic E-state index is 12.5. The van der Waals surface area contributed by atoms with Crippen molar-refractivity contribution in [2.45, 2.75) is 52.0 Å². The molecule has 3 nitrogen and oxygen atoms in total. The van der Waals surface area contributed by atoms with Gasteiger partial charge in [0.1, 0.15) is 6.54 Å². The van der Waals surface area contributed by atoms with Crippen molar-refractivity contribution in [3.8, 4) is 6.07 Å². The van der Waals surface area contributed by atoms with E-state index in [9.17, 15) is 4.79 Å². The van der Waals surface area contributed by atoms with E-state index in [0.717, 1.165) is 18.4 Å². The van der Waals surface area contributed by atoms with Crippen LogP contribution < -0.4 is 0 Å². The molecule has 1 aliphatic carbocycles. The van der Waals surface area contributed by atoms with Gasteiger partial charge in [0.05, 0.1) is 12.5 Å². The molecule has 0 spiro atoms. The van der Waals surface area contributed by atoms with Crippen LogP contribution in [-0.4, -0.2) is 23.4 Å². The van der Waals surface area contributed by atoms with Gasteiger partial charge in [0.15, 0.2) is 0 Å². The van der Waals surface area contributed by atoms with Crippen LogP contribution in [0.4, 0.5) is 0 Å². The molecule has 1 aromatic rings. The third kappa shape index (κ3) is 3.39. The third-order valence-corrected chi connectivity index (χ3v) is 4.25. The minimum absolute atomic E-state index is 0.0849. The van der Waals surface area contributed by atoms with Crippen molar-refractivity contribution < 1.29 is 4.79 Å². The van der Waals surface area contributed by atoms with Crippen LogP contribution >= 0.6 is 0 Å². The zero-order chi connectivity index (χ0) is 14.5. The summed E-state index contributed by atoms with van der Waals surface area (Å²) >= 11 is 0. The lowest BCUT2D eigenvalue weighted by Gasteiger charge is -2.26. The molecule has 0 bridgehead atoms. The predicted octanol–water partition coefficient (Wildman–Crippen LogP) is 3.14. The molecule has 0 aromatic heterocycles. The molecule has 0 heterocycles. The van der Waals surface area contributed by atoms with Gasteiger partial charge in [-0.2, -0.15) is 5.26 Å². The van der Waals surface area contributed by atoms with Crippen molar-refractivity contribution in [3.63, 3.8) is 0 Å². The van der Waals surface area contributed by atoms with E-state index >= 15 is 0 Å². The van der Waals surface area contributed by atoms with E-state index in [1.807, 2.05) is 6.07 Å². The largest absolute Gasteiger partial charge is 0.326 e. The van der Waals surface area contributed by atoms with E-state index in [2.05, 4.69) is 32.0 Å². The van der Waals surface area contributed by atoms with Crippen LogP contribution in [0.5, 0.6) is 0 Å². The van der Waals surface area contributed by atoms with Crippen molar-refractivity contribution in [1.82, 2.24) is 4.90 Å². The average molecular weight is 270 g/mol. The van der Waals surface area contributed by atoms with E-state index in [1.165, 1.54) is 24.0 Å². The number of rotatable bonds is 4. The third-order valence-electron chi connectivity index (χ3n) is 4.25. The van der Waals surface area contributed by atoms with Gasteiger partial charge in [0.2, 0.25) is 5.91 Å². The van der Waals surface area contributed by atoms with E-state index in [4.69, 9.17) is 5.26 Å². The maximum Gasteiger partial charge on any atom is 0.228 e. The maximum atomic E-state index is 12.5. The van der Waals surface area contributed by atoms with Gasteiger partial charge in [-0.05, 0) is 43.4 Å². The van der Waals surface area contributed by atoms with Gasteiger partial charge >= 0.3 is 0 Å². The van der Waals surface area contributed by atoms with Gasteiger partial charge in [-0.3, -0.25) is 4.79 Å². The smallest absolute Gasteiger partial charge is 0.228 e. The second kappa shape index (κ2) is 6.56. The first-order valence-electron chi connectivity index (χ1n) is 7.34. The lowest BCUT2D eigenvalue weighted by atomic mass is 10.0. The second-order valence-electron chi connectivity index (χ2n) is 5.71. The summed E-state index contributed by atoms with van der Waals surface area (Å²) in [6.45, 7) is 4.35. The van der Waals surface area contributed by atoms with E-state index in [1.54, 1.807) is 4.90 Å². The summed E-state index contributed by atoms with van der Waals surface area (Å²) in [6.07, 6.45) is 4.83. The number of benzene rings is 1. The molecule has 3 heteroatoms. The summed E-state index contributed by atoms with van der Waals surface area (Å²) in [7, 11) is 0. The summed E-state index contributed by atoms with van der Waals surface area (Å²) in [4.78, 5) is 14.2. The number of nitriles is 1. The van der Waals surface area contributed by atoms with Gasteiger partial charge in [-0.1, -0.05) is 31.0 Å². The van der Waals surface area contributed by atoms with Crippen molar-refractivity contribution in [3.05, 3.63) is 34.9 Å². The molecule has 0 atom stereocenters. The van der Waals surface area contributed by atoms with Gasteiger partial charge in [0, 0.05) is 6.04 Å². The Morgan fingerprint density at radius 2 is 2.00 bits per heavy atom. The van der Waals surface area contributed by atoms with Crippen LogP contribution in [-0.2, 0) is 11.2 Å². The Bertz CT molecular complexity index is 524. The number of carbonyl (C=O) groups is 1. The first-order valence-corrected chi connectivity index (χ1v) is 7.34. The Morgan fingerprint density at radius 3 is 2.60 bits per heavy atom. The lowest BCUT2D eigenvalue weighted by Crippen LogP contribution is -2.40. The Morgan fingerprint density at radius 1 is 1.30 bits per heavy atom. The van der Waals surface area contributed by atoms with Crippen LogP contribution in [0, 0.1) is 25.2 Å². The standard InChI is InChI=1S/C17H22N2O/c1-13-7-8-15(11-14(13)2)12-17(20)19(10-9-18)16-5-3-4-6-16/h7-8,11,16H,3-6,10,12H2,1-2H3. The summed E-state index contributed by atoms with van der Waals surface area (Å²) in [6, 6.07) is 8.56. The number of hydrogen-bond donors (Lipinski definition) is 0. The van der Waals surface area contributed by atoms with Crippen molar-refractivity contribution in [2.24, 2.45) is 0 Å². The number of amides is 1. The number of aryl methyl sites for hydroxylation is 2. The van der Waals surface area contributed by atoms with Crippen LogP contribution in [0.1, 0.15) is 42.4 Å². The summed E-state index contributed by atoms with van der Waals surface area (Å²) < 4.78 is 0. The van der Waals surface area contributed by atoms with Gasteiger partial charge < -0.3 is 4.90 Å². The first-order chi connectivity index (χ1) is 9.61. The normalized spacial score (nSPS) is 15.1. The summed E-state index contributed by atoms with van der Waals surface area (Å²) in [5, 5.41) is 8.95. The monoisotopic (exact) mass is 270 g/mol. The molecular formula is C17H22N2O. The minimum atomic E-state index is 0.0849. The number of carbonyl (C=O) groups excluding carboxylic acids is 1. The zero-order valence-corrected chi connectivity index (χ0v) is 12.4. The topological polar surface area (TPSA) is 44.1 Å². The summed E-state index contributed by atoms with van der Waals surface area (Å²) in [5.74, 6) is 0.0849. The SMILES string of the molecule is Cc1ccc(CC(=O)N(CC#N)C2CCCC2)cc1C. The molecule has 0 radical (unpaired) electrons. The van der Waals surface area contributed by atoms with Crippen LogP contribution in [0.15, 0.2) is 18.2 Å². The van der Waals surface area contributed by atoms with Crippen molar-refractivity contribution in [2.75, 3.05) is 6.54 Å². The fourth-order valence-corrected chi connectivity index (χ4v) is 2.90. The van der Waals surface area contributed by atoms with E-state index < -0.39 is 0 Å². The van der Waals surface area contributed by atoms with Crippen LogP contribution in [0.2, 0.25) is 0 Å². The molecule has 20 heavy (non-hydrogen) atoms. The second-order valence-corrected chi connectivity index (χ2v) is 5.71. The molecule has 0 N–H and O–H groups in total. The quantitative estimate of drug-likeness (QED) is 0.789. The Balaban J connectivity index is 2.07. The molecule has 0 unspecified atom stereocenters. The highest BCUT2D eigenvalue weighted by Gasteiger charge is 2.26. The lowest BCUT2D eigenvalue weighted by molar-refractivity contribution is -0.132. The zero-order valence-electron chi connectivity index (χ0n) is 12.4. The number of hydrogen-bond acceptors (Lipinski definition) is 2. The molecular weight excluding hydrogens is 248 g/mol. The average Bonchev–Trinajstić information content (AvgIpc) is 2.94. The molecule has 0 saturated heterocycles. The molecule has 1 fully saturated rings. The fraction of sp³-hybridized carbons (Fsp3) is 0.529. The molecule has 1 saturated carbocycles. The highest BCUT2D eigenvalue weighted by Crippen LogP contribution is 2.24. The van der Waals surface area contributed by atoms with Gasteiger partial charge in [-0.25, -0.2) is 0 Å². The van der Waals surface area contributed by atoms with Gasteiger partial charge in [0.25, 0.3) is 0 Å². The van der Waals surface area contributed by atoms with Gasteiger partial charge in [-0.15, -0.1) is 0 Å². The van der Waals surface area contributed by atoms with E-state index in [0.29, 0.717) is 6.42 Å². The van der Waals surface area contributed by atoms with Crippen LogP contribution in [0.25, 0.3) is 0 Å². The fourth-order valence-electron chi connectivity index (χ4n) is 2.90. The summed E-state index contributed by atoms with van der Waals surface area (Å²) in [5.41, 5.74) is 3.49. The highest BCUT2D eigenvalue weighted by molar-refractivity contribution is 5.79. The predicted molar refractivity (Wildman–Crippen MR) is 79.2 cm³/mol. The molecule has 1 aromatic carbocycles. The molecule has 1 amide bonds. The molecule has 2 rings (SSSR count). The molecule has 1 aliphatic rings. The van der Waals surface area contributed by atoms with E-state index in [-0.39, 0.29) is 18.5 Å². The first kappa shape index (κ1) is 14.6. The van der Waals surface area contributed by atoms with Crippen molar-refractivity contribution in [1.29, 1.82) is 5.26 Å². The Labute approximate surface area is 121 Å². The van der Waals surface area contributed by atoms with Crippen LogP contribution in [0.3, 0.4) is 0 Å². The molecule has 0 aliphatic heterocycles. The minimum Gasteiger partial charge on any atom is -0.326 e. The van der Waals surface area contributed by atoms with Crippen molar-refractivity contribution >= 4 is 5.91 Å². The Kier molecular flexibility index (Phi) is 4.79. The Hall–Kier alpha value is -1.82. The molecule has 106 valence electrons.